The third kappa shape index (κ3) is 62.7. The Bertz CT molecular complexity index is 1620. The Balaban J connectivity index is 4.26. The molecule has 0 bridgehead atoms. The van der Waals surface area contributed by atoms with E-state index < -0.39 is 6.10 Å². The van der Waals surface area contributed by atoms with Gasteiger partial charge in [-0.2, -0.15) is 0 Å². The van der Waals surface area contributed by atoms with Gasteiger partial charge in [-0.25, -0.2) is 0 Å². The minimum absolute atomic E-state index is 0.0929. The van der Waals surface area contributed by atoms with Crippen LogP contribution in [0.15, 0.2) is 122 Å². The molecule has 0 aromatic rings. The number of carbonyl (C=O) groups is 3. The van der Waals surface area contributed by atoms with Crippen LogP contribution in [0.25, 0.3) is 0 Å². The van der Waals surface area contributed by atoms with Crippen molar-refractivity contribution in [3.8, 4) is 0 Å². The fraction of sp³-hybridized carbons (Fsp3) is 0.681. The van der Waals surface area contributed by atoms with Crippen LogP contribution >= 0.6 is 0 Å². The summed E-state index contributed by atoms with van der Waals surface area (Å²) in [4.78, 5) is 38.2. The van der Waals surface area contributed by atoms with Crippen molar-refractivity contribution in [3.05, 3.63) is 122 Å². The molecule has 1 unspecified atom stereocenters. The first-order valence-electron chi connectivity index (χ1n) is 32.5. The molecule has 0 amide bonds. The van der Waals surface area contributed by atoms with Crippen molar-refractivity contribution in [1.82, 2.24) is 0 Å². The lowest BCUT2D eigenvalue weighted by Gasteiger charge is -2.18. The molecule has 0 heterocycles. The van der Waals surface area contributed by atoms with Gasteiger partial charge < -0.3 is 14.2 Å². The molecule has 0 fully saturated rings. The highest BCUT2D eigenvalue weighted by Crippen LogP contribution is 2.15. The van der Waals surface area contributed by atoms with E-state index in [1.165, 1.54) is 135 Å². The monoisotopic (exact) mass is 1080 g/mol. The third-order valence-electron chi connectivity index (χ3n) is 13.7. The molecule has 0 aromatic heterocycles. The van der Waals surface area contributed by atoms with Gasteiger partial charge in [0, 0.05) is 19.3 Å². The van der Waals surface area contributed by atoms with Gasteiger partial charge in [0.1, 0.15) is 13.2 Å². The summed E-state index contributed by atoms with van der Waals surface area (Å²) in [5, 5.41) is 0. The van der Waals surface area contributed by atoms with E-state index in [4.69, 9.17) is 14.2 Å². The largest absolute Gasteiger partial charge is 0.462 e. The first-order valence-corrected chi connectivity index (χ1v) is 32.5. The molecule has 0 spiro atoms. The molecule has 0 aliphatic rings. The molecule has 0 rings (SSSR count). The molecule has 78 heavy (non-hydrogen) atoms. The van der Waals surface area contributed by atoms with Gasteiger partial charge in [-0.05, 0) is 116 Å². The van der Waals surface area contributed by atoms with Crippen LogP contribution < -0.4 is 0 Å². The van der Waals surface area contributed by atoms with E-state index in [2.05, 4.69) is 142 Å². The number of carbonyl (C=O) groups excluding carboxylic acids is 3. The van der Waals surface area contributed by atoms with Crippen LogP contribution in [-0.2, 0) is 28.6 Å². The van der Waals surface area contributed by atoms with Gasteiger partial charge in [0.15, 0.2) is 6.10 Å². The molecule has 0 N–H and O–H groups in total. The van der Waals surface area contributed by atoms with E-state index in [1.54, 1.807) is 0 Å². The third-order valence-corrected chi connectivity index (χ3v) is 13.7. The molecule has 6 heteroatoms. The smallest absolute Gasteiger partial charge is 0.306 e. The average Bonchev–Trinajstić information content (AvgIpc) is 3.44. The lowest BCUT2D eigenvalue weighted by Crippen LogP contribution is -2.30. The summed E-state index contributed by atoms with van der Waals surface area (Å²) in [6.07, 6.45) is 90.8. The van der Waals surface area contributed by atoms with Gasteiger partial charge in [0.25, 0.3) is 0 Å². The SMILES string of the molecule is CC/C=C\C/C=C\C/C=C\C/C=C\C/C=C\C/C=C\C/C=C\CCCCCC(=O)OC(COC(=O)CCCCCCCCCC)COC(=O)CCCCCCCCCCCCCC/C=C\C/C=C\C/C=C\CCCCCCC. The number of allylic oxidation sites excluding steroid dienone is 20. The Hall–Kier alpha value is -4.19. The molecular formula is C72H120O6. The molecule has 1 atom stereocenters. The van der Waals surface area contributed by atoms with E-state index >= 15 is 0 Å². The molecule has 0 saturated heterocycles. The van der Waals surface area contributed by atoms with Gasteiger partial charge in [0.05, 0.1) is 0 Å². The van der Waals surface area contributed by atoms with Gasteiger partial charge in [0.2, 0.25) is 0 Å². The van der Waals surface area contributed by atoms with Crippen LogP contribution in [0.1, 0.15) is 297 Å². The summed E-state index contributed by atoms with van der Waals surface area (Å²) >= 11 is 0. The quantitative estimate of drug-likeness (QED) is 0.0261. The molecular weight excluding hydrogens is 961 g/mol. The lowest BCUT2D eigenvalue weighted by atomic mass is 10.0. The normalized spacial score (nSPS) is 12.9. The topological polar surface area (TPSA) is 78.9 Å². The predicted molar refractivity (Wildman–Crippen MR) is 339 cm³/mol. The zero-order chi connectivity index (χ0) is 56.4. The fourth-order valence-corrected chi connectivity index (χ4v) is 8.84. The molecule has 0 radical (unpaired) electrons. The van der Waals surface area contributed by atoms with E-state index in [9.17, 15) is 14.4 Å². The number of ether oxygens (including phenoxy) is 3. The van der Waals surface area contributed by atoms with Crippen molar-refractivity contribution in [3.63, 3.8) is 0 Å². The Morgan fingerprint density at radius 2 is 0.500 bits per heavy atom. The van der Waals surface area contributed by atoms with Crippen molar-refractivity contribution < 1.29 is 28.6 Å². The summed E-state index contributed by atoms with van der Waals surface area (Å²) in [5.74, 6) is -0.929. The number of esters is 3. The number of hydrogen-bond donors (Lipinski definition) is 0. The minimum atomic E-state index is -0.798. The van der Waals surface area contributed by atoms with Crippen LogP contribution in [0.5, 0.6) is 0 Å². The lowest BCUT2D eigenvalue weighted by molar-refractivity contribution is -0.167. The van der Waals surface area contributed by atoms with Gasteiger partial charge in [-0.1, -0.05) is 284 Å². The summed E-state index contributed by atoms with van der Waals surface area (Å²) in [5.41, 5.74) is 0. The molecule has 444 valence electrons. The predicted octanol–water partition coefficient (Wildman–Crippen LogP) is 22.4. The molecule has 0 aliphatic carbocycles. The van der Waals surface area contributed by atoms with E-state index in [-0.39, 0.29) is 37.5 Å². The van der Waals surface area contributed by atoms with E-state index in [1.807, 2.05) is 0 Å². The van der Waals surface area contributed by atoms with Gasteiger partial charge in [-0.15, -0.1) is 0 Å². The van der Waals surface area contributed by atoms with Crippen molar-refractivity contribution in [2.75, 3.05) is 13.2 Å². The maximum Gasteiger partial charge on any atom is 0.306 e. The molecule has 6 nitrogen and oxygen atoms in total. The van der Waals surface area contributed by atoms with Crippen molar-refractivity contribution >= 4 is 17.9 Å². The van der Waals surface area contributed by atoms with E-state index in [0.29, 0.717) is 12.8 Å². The summed E-state index contributed by atoms with van der Waals surface area (Å²) in [6, 6.07) is 0. The van der Waals surface area contributed by atoms with Gasteiger partial charge >= 0.3 is 17.9 Å². The number of rotatable bonds is 58. The van der Waals surface area contributed by atoms with Crippen LogP contribution in [0.2, 0.25) is 0 Å². The Morgan fingerprint density at radius 1 is 0.269 bits per heavy atom. The highest BCUT2D eigenvalue weighted by atomic mass is 16.6. The van der Waals surface area contributed by atoms with Crippen molar-refractivity contribution in [1.29, 1.82) is 0 Å². The standard InChI is InChI=1S/C72H120O6/c1-4-7-10-13-16-19-21-23-25-27-29-31-33-35-36-38-39-41-43-45-47-49-51-53-56-59-62-65-71(74)77-68-69(67-76-70(73)64-61-58-55-18-15-12-9-6-3)78-72(75)66-63-60-57-54-52-50-48-46-44-42-40-37-34-32-30-28-26-24-22-20-17-14-11-8-5-2/h8,11,17,20-21,23-24,26-27,29-30,32-33,35,37,40,44,46,50,52,69H,4-7,9-10,12-16,18-19,22,25,28,31,34,36,38-39,41-43,45,47-49,51,53-68H2,1-3H3/b11-8-,20-17-,23-21-,26-24-,29-27-,32-30-,35-33-,40-37-,46-44-,52-50-. The Labute approximate surface area is 482 Å². The average molecular weight is 1080 g/mol. The van der Waals surface area contributed by atoms with Crippen LogP contribution in [0, 0.1) is 0 Å². The highest BCUT2D eigenvalue weighted by Gasteiger charge is 2.19. The maximum absolute atomic E-state index is 12.9. The fourth-order valence-electron chi connectivity index (χ4n) is 8.84. The van der Waals surface area contributed by atoms with Crippen molar-refractivity contribution in [2.45, 2.75) is 303 Å². The second kappa shape index (κ2) is 65.3. The van der Waals surface area contributed by atoms with Crippen LogP contribution in [0.4, 0.5) is 0 Å². The second-order valence-electron chi connectivity index (χ2n) is 21.3. The van der Waals surface area contributed by atoms with Crippen LogP contribution in [0.3, 0.4) is 0 Å². The van der Waals surface area contributed by atoms with Gasteiger partial charge in [-0.3, -0.25) is 14.4 Å². The van der Waals surface area contributed by atoms with Crippen LogP contribution in [-0.4, -0.2) is 37.2 Å². The van der Waals surface area contributed by atoms with E-state index in [0.717, 1.165) is 122 Å². The minimum Gasteiger partial charge on any atom is -0.462 e. The number of hydrogen-bond acceptors (Lipinski definition) is 6. The molecule has 0 saturated carbocycles. The molecule has 0 aliphatic heterocycles. The van der Waals surface area contributed by atoms with Crippen molar-refractivity contribution in [2.24, 2.45) is 0 Å². The zero-order valence-electron chi connectivity index (χ0n) is 50.9. The summed E-state index contributed by atoms with van der Waals surface area (Å²) in [6.45, 7) is 6.47. The summed E-state index contributed by atoms with van der Waals surface area (Å²) < 4.78 is 16.8. The zero-order valence-corrected chi connectivity index (χ0v) is 50.9. The summed E-state index contributed by atoms with van der Waals surface area (Å²) in [7, 11) is 0. The Morgan fingerprint density at radius 3 is 0.795 bits per heavy atom. The first kappa shape index (κ1) is 73.8. The molecule has 0 aromatic carbocycles. The second-order valence-corrected chi connectivity index (χ2v) is 21.3. The Kier molecular flexibility index (Phi) is 61.8. The highest BCUT2D eigenvalue weighted by molar-refractivity contribution is 5.71. The maximum atomic E-state index is 12.9. The first-order chi connectivity index (χ1) is 38.5. The number of unbranched alkanes of at least 4 members (excludes halogenated alkanes) is 27.